The van der Waals surface area contributed by atoms with Gasteiger partial charge in [-0.05, 0) is 31.6 Å². The topological polar surface area (TPSA) is 29.1 Å². The van der Waals surface area contributed by atoms with Crippen molar-refractivity contribution in [3.05, 3.63) is 0 Å². The molecule has 1 saturated heterocycles. The standard InChI is InChI=1S/C13H23NO.C2H6/c1-3-9(2)13(15)12-8-10-6-4-5-7-11(10)14-12;1-2/h9-12,14H,3-8H2,1-2H3;1-2H3. The lowest BCUT2D eigenvalue weighted by Crippen LogP contribution is -2.39. The molecule has 0 aromatic heterocycles. The molecule has 0 radical (unpaired) electrons. The minimum Gasteiger partial charge on any atom is -0.304 e. The van der Waals surface area contributed by atoms with Gasteiger partial charge in [0.2, 0.25) is 0 Å². The van der Waals surface area contributed by atoms with Gasteiger partial charge in [-0.3, -0.25) is 4.79 Å². The molecule has 0 aromatic carbocycles. The molecule has 2 fully saturated rings. The minimum absolute atomic E-state index is 0.174. The Labute approximate surface area is 107 Å². The monoisotopic (exact) mass is 239 g/mol. The fourth-order valence-electron chi connectivity index (χ4n) is 3.08. The molecule has 1 heterocycles. The van der Waals surface area contributed by atoms with E-state index in [1.54, 1.807) is 0 Å². The number of ketones is 1. The molecule has 0 bridgehead atoms. The van der Waals surface area contributed by atoms with Gasteiger partial charge in [-0.15, -0.1) is 0 Å². The fraction of sp³-hybridized carbons (Fsp3) is 0.933. The highest BCUT2D eigenvalue weighted by Gasteiger charge is 2.38. The number of hydrogen-bond acceptors (Lipinski definition) is 2. The van der Waals surface area contributed by atoms with Gasteiger partial charge < -0.3 is 5.32 Å². The third kappa shape index (κ3) is 3.54. The van der Waals surface area contributed by atoms with Gasteiger partial charge in [0, 0.05) is 12.0 Å². The summed E-state index contributed by atoms with van der Waals surface area (Å²) in [4.78, 5) is 12.1. The van der Waals surface area contributed by atoms with Crippen molar-refractivity contribution in [2.75, 3.05) is 0 Å². The highest BCUT2D eigenvalue weighted by atomic mass is 16.1. The maximum atomic E-state index is 12.1. The van der Waals surface area contributed by atoms with Crippen LogP contribution < -0.4 is 5.32 Å². The van der Waals surface area contributed by atoms with Crippen molar-refractivity contribution in [2.24, 2.45) is 11.8 Å². The molecule has 1 saturated carbocycles. The average molecular weight is 239 g/mol. The maximum absolute atomic E-state index is 12.1. The number of carbonyl (C=O) groups excluding carboxylic acids is 1. The van der Waals surface area contributed by atoms with Gasteiger partial charge in [-0.25, -0.2) is 0 Å². The fourth-order valence-corrected chi connectivity index (χ4v) is 3.08. The Morgan fingerprint density at radius 2 is 1.94 bits per heavy atom. The number of rotatable bonds is 3. The number of nitrogens with one attached hydrogen (secondary N) is 1. The molecule has 0 spiro atoms. The zero-order chi connectivity index (χ0) is 12.8. The Hall–Kier alpha value is -0.370. The van der Waals surface area contributed by atoms with Crippen LogP contribution in [0.4, 0.5) is 0 Å². The Balaban J connectivity index is 0.000000686. The van der Waals surface area contributed by atoms with Crippen LogP contribution in [0.3, 0.4) is 0 Å². The first-order valence-corrected chi connectivity index (χ1v) is 7.52. The lowest BCUT2D eigenvalue weighted by molar-refractivity contribution is -0.124. The summed E-state index contributed by atoms with van der Waals surface area (Å²) in [5, 5.41) is 3.56. The predicted octanol–water partition coefficient (Wildman–Crippen LogP) is 3.55. The van der Waals surface area contributed by atoms with E-state index in [-0.39, 0.29) is 12.0 Å². The van der Waals surface area contributed by atoms with E-state index in [9.17, 15) is 4.79 Å². The summed E-state index contributed by atoms with van der Waals surface area (Å²) in [5.74, 6) is 1.48. The minimum atomic E-state index is 0.174. The number of Topliss-reactive ketones (excluding diaryl/α,β-unsaturated/α-hetero) is 1. The summed E-state index contributed by atoms with van der Waals surface area (Å²) in [6.07, 6.45) is 7.42. The van der Waals surface area contributed by atoms with Crippen LogP contribution in [0.1, 0.15) is 66.2 Å². The number of carbonyl (C=O) groups is 1. The Morgan fingerprint density at radius 3 is 2.53 bits per heavy atom. The van der Waals surface area contributed by atoms with Crippen molar-refractivity contribution >= 4 is 5.78 Å². The van der Waals surface area contributed by atoms with Crippen molar-refractivity contribution in [2.45, 2.75) is 78.3 Å². The molecule has 1 aliphatic heterocycles. The highest BCUT2D eigenvalue weighted by Crippen LogP contribution is 2.34. The zero-order valence-electron chi connectivity index (χ0n) is 12.0. The van der Waals surface area contributed by atoms with Gasteiger partial charge in [0.15, 0.2) is 5.78 Å². The number of fused-ring (bicyclic) bond motifs is 1. The van der Waals surface area contributed by atoms with Crippen LogP contribution in [-0.4, -0.2) is 17.9 Å². The number of hydrogen-bond donors (Lipinski definition) is 1. The van der Waals surface area contributed by atoms with E-state index in [1.165, 1.54) is 25.7 Å². The van der Waals surface area contributed by atoms with E-state index in [2.05, 4.69) is 19.2 Å². The highest BCUT2D eigenvalue weighted by molar-refractivity contribution is 5.86. The van der Waals surface area contributed by atoms with E-state index < -0.39 is 0 Å². The van der Waals surface area contributed by atoms with Crippen LogP contribution in [0.15, 0.2) is 0 Å². The molecule has 2 rings (SSSR count). The summed E-state index contributed by atoms with van der Waals surface area (Å²) in [7, 11) is 0. The zero-order valence-corrected chi connectivity index (χ0v) is 12.0. The molecule has 2 heteroatoms. The van der Waals surface area contributed by atoms with Crippen molar-refractivity contribution < 1.29 is 4.79 Å². The third-order valence-electron chi connectivity index (χ3n) is 4.30. The van der Waals surface area contributed by atoms with Crippen LogP contribution in [-0.2, 0) is 4.79 Å². The summed E-state index contributed by atoms with van der Waals surface area (Å²) in [6, 6.07) is 0.824. The second-order valence-electron chi connectivity index (χ2n) is 5.32. The quantitative estimate of drug-likeness (QED) is 0.816. The molecular weight excluding hydrogens is 210 g/mol. The normalized spacial score (nSPS) is 33.3. The molecule has 4 atom stereocenters. The van der Waals surface area contributed by atoms with E-state index in [0.717, 1.165) is 18.8 Å². The predicted molar refractivity (Wildman–Crippen MR) is 73.1 cm³/mol. The van der Waals surface area contributed by atoms with E-state index in [1.807, 2.05) is 13.8 Å². The van der Waals surface area contributed by atoms with Crippen LogP contribution in [0.5, 0.6) is 0 Å². The second-order valence-corrected chi connectivity index (χ2v) is 5.32. The summed E-state index contributed by atoms with van der Waals surface area (Å²) in [6.45, 7) is 8.16. The lowest BCUT2D eigenvalue weighted by Gasteiger charge is -2.24. The Bertz CT molecular complexity index is 225. The first kappa shape index (κ1) is 14.7. The molecule has 1 N–H and O–H groups in total. The van der Waals surface area contributed by atoms with Crippen LogP contribution >= 0.6 is 0 Å². The first-order valence-electron chi connectivity index (χ1n) is 7.52. The van der Waals surface area contributed by atoms with Crippen LogP contribution in [0.25, 0.3) is 0 Å². The summed E-state index contributed by atoms with van der Waals surface area (Å²) in [5.41, 5.74) is 0. The molecule has 100 valence electrons. The van der Waals surface area contributed by atoms with E-state index in [4.69, 9.17) is 0 Å². The Kier molecular flexibility index (Phi) is 6.18. The van der Waals surface area contributed by atoms with Crippen molar-refractivity contribution in [3.63, 3.8) is 0 Å². The van der Waals surface area contributed by atoms with Crippen molar-refractivity contribution in [1.29, 1.82) is 0 Å². The van der Waals surface area contributed by atoms with Crippen LogP contribution in [0.2, 0.25) is 0 Å². The van der Waals surface area contributed by atoms with Gasteiger partial charge in [-0.1, -0.05) is 40.5 Å². The van der Waals surface area contributed by atoms with E-state index >= 15 is 0 Å². The largest absolute Gasteiger partial charge is 0.304 e. The molecule has 4 unspecified atom stereocenters. The maximum Gasteiger partial charge on any atom is 0.152 e. The van der Waals surface area contributed by atoms with Gasteiger partial charge in [0.05, 0.1) is 6.04 Å². The van der Waals surface area contributed by atoms with Crippen molar-refractivity contribution in [1.82, 2.24) is 5.32 Å². The molecule has 2 aliphatic rings. The summed E-state index contributed by atoms with van der Waals surface area (Å²) >= 11 is 0. The first-order chi connectivity index (χ1) is 8.22. The smallest absolute Gasteiger partial charge is 0.152 e. The SMILES string of the molecule is CC.CCC(C)C(=O)C1CC2CCCCC2N1. The van der Waals surface area contributed by atoms with Crippen LogP contribution in [0, 0.1) is 11.8 Å². The summed E-state index contributed by atoms with van der Waals surface area (Å²) < 4.78 is 0. The Morgan fingerprint density at radius 1 is 1.29 bits per heavy atom. The second kappa shape index (κ2) is 7.15. The molecule has 2 nitrogen and oxygen atoms in total. The van der Waals surface area contributed by atoms with Gasteiger partial charge in [0.25, 0.3) is 0 Å². The molecule has 0 amide bonds. The lowest BCUT2D eigenvalue weighted by atomic mass is 9.84. The molecular formula is C15H29NO. The molecule has 1 aliphatic carbocycles. The molecule has 0 aromatic rings. The van der Waals surface area contributed by atoms with Gasteiger partial charge in [0.1, 0.15) is 0 Å². The van der Waals surface area contributed by atoms with Gasteiger partial charge in [-0.2, -0.15) is 0 Å². The van der Waals surface area contributed by atoms with Crippen molar-refractivity contribution in [3.8, 4) is 0 Å². The van der Waals surface area contributed by atoms with Gasteiger partial charge >= 0.3 is 0 Å². The van der Waals surface area contributed by atoms with E-state index in [0.29, 0.717) is 11.8 Å². The molecule has 17 heavy (non-hydrogen) atoms. The average Bonchev–Trinajstić information content (AvgIpc) is 2.83. The third-order valence-corrected chi connectivity index (χ3v) is 4.30.